The average Bonchev–Trinajstić information content (AvgIpc) is 3.34. The van der Waals surface area contributed by atoms with E-state index in [1.165, 1.54) is 0 Å². The van der Waals surface area contributed by atoms with Crippen LogP contribution in [0.5, 0.6) is 0 Å². The molecule has 8 nitrogen and oxygen atoms in total. The Morgan fingerprint density at radius 3 is 2.59 bits per heavy atom. The highest BCUT2D eigenvalue weighted by atomic mass is 79.9. The van der Waals surface area contributed by atoms with Gasteiger partial charge in [0.2, 0.25) is 11.8 Å². The molecule has 0 aliphatic carbocycles. The third kappa shape index (κ3) is 4.67. The molecule has 0 aromatic carbocycles. The Bertz CT molecular complexity index is 799. The summed E-state index contributed by atoms with van der Waals surface area (Å²) in [6.45, 7) is 12.6. The van der Waals surface area contributed by atoms with Crippen LogP contribution < -0.4 is 0 Å². The maximum Gasteiger partial charge on any atom is 0.312 e. The van der Waals surface area contributed by atoms with Gasteiger partial charge in [-0.05, 0) is 47.0 Å². The molecule has 3 heterocycles. The number of unbranched alkanes of at least 4 members (excludes halogenated alkanes) is 3. The molecule has 3 fully saturated rings. The van der Waals surface area contributed by atoms with E-state index in [-0.39, 0.29) is 29.9 Å². The maximum absolute atomic E-state index is 14.1. The lowest BCUT2D eigenvalue weighted by molar-refractivity contribution is -0.155. The Hall–Kier alpha value is -1.45. The van der Waals surface area contributed by atoms with Gasteiger partial charge in [-0.3, -0.25) is 14.4 Å². The number of halogens is 1. The van der Waals surface area contributed by atoms with Crippen molar-refractivity contribution in [2.75, 3.05) is 26.3 Å². The van der Waals surface area contributed by atoms with Crippen LogP contribution in [0.2, 0.25) is 0 Å². The first-order valence-corrected chi connectivity index (χ1v) is 13.3. The summed E-state index contributed by atoms with van der Waals surface area (Å²) >= 11 is 3.66. The molecular formula is C25H39BrN2O6. The summed E-state index contributed by atoms with van der Waals surface area (Å²) in [6, 6.07) is -0.813. The van der Waals surface area contributed by atoms with Gasteiger partial charge in [0.05, 0.1) is 24.5 Å². The van der Waals surface area contributed by atoms with Crippen LogP contribution in [0.3, 0.4) is 0 Å². The molecule has 9 heteroatoms. The van der Waals surface area contributed by atoms with Crippen molar-refractivity contribution in [1.29, 1.82) is 0 Å². The molecule has 192 valence electrons. The second-order valence-corrected chi connectivity index (χ2v) is 11.7. The van der Waals surface area contributed by atoms with Crippen LogP contribution >= 0.6 is 15.9 Å². The number of aliphatic hydroxyl groups is 1. The maximum atomic E-state index is 14.1. The lowest BCUT2D eigenvalue weighted by Gasteiger charge is -2.42. The molecule has 3 rings (SSSR count). The van der Waals surface area contributed by atoms with E-state index >= 15 is 0 Å². The van der Waals surface area contributed by atoms with Crippen LogP contribution in [-0.4, -0.2) is 87.1 Å². The molecule has 0 aromatic rings. The number of fused-ring (bicyclic) bond motifs is 1. The number of nitrogens with zero attached hydrogens (tertiary/aromatic N) is 2. The first-order valence-electron chi connectivity index (χ1n) is 12.4. The van der Waals surface area contributed by atoms with Crippen LogP contribution in [0.1, 0.15) is 59.8 Å². The smallest absolute Gasteiger partial charge is 0.312 e. The number of ether oxygens (including phenoxy) is 2. The lowest BCUT2D eigenvalue weighted by atomic mass is 9.70. The van der Waals surface area contributed by atoms with Crippen LogP contribution in [0.4, 0.5) is 0 Å². The summed E-state index contributed by atoms with van der Waals surface area (Å²) in [5.41, 5.74) is -1.55. The van der Waals surface area contributed by atoms with Crippen molar-refractivity contribution in [3.63, 3.8) is 0 Å². The molecule has 2 bridgehead atoms. The van der Waals surface area contributed by atoms with Crippen molar-refractivity contribution >= 4 is 33.7 Å². The minimum Gasteiger partial charge on any atom is -0.466 e. The Morgan fingerprint density at radius 2 is 2.00 bits per heavy atom. The van der Waals surface area contributed by atoms with Gasteiger partial charge in [0, 0.05) is 30.1 Å². The van der Waals surface area contributed by atoms with Gasteiger partial charge in [0.25, 0.3) is 0 Å². The van der Waals surface area contributed by atoms with Crippen molar-refractivity contribution in [1.82, 2.24) is 9.80 Å². The zero-order chi connectivity index (χ0) is 25.3. The number of alkyl halides is 1. The van der Waals surface area contributed by atoms with Crippen molar-refractivity contribution in [2.45, 2.75) is 87.9 Å². The number of hydrogen-bond donors (Lipinski definition) is 1. The predicted octanol–water partition coefficient (Wildman–Crippen LogP) is 2.66. The summed E-state index contributed by atoms with van der Waals surface area (Å²) in [6.07, 6.45) is 4.77. The third-order valence-electron chi connectivity index (χ3n) is 7.28. The van der Waals surface area contributed by atoms with Crippen LogP contribution in [0, 0.1) is 11.8 Å². The zero-order valence-electron chi connectivity index (χ0n) is 20.8. The van der Waals surface area contributed by atoms with Gasteiger partial charge in [0.15, 0.2) is 0 Å². The topological polar surface area (TPSA) is 96.4 Å². The largest absolute Gasteiger partial charge is 0.466 e. The normalized spacial score (nSPS) is 32.1. The van der Waals surface area contributed by atoms with E-state index in [1.807, 2.05) is 20.8 Å². The van der Waals surface area contributed by atoms with Crippen molar-refractivity contribution in [2.24, 2.45) is 11.8 Å². The van der Waals surface area contributed by atoms with Gasteiger partial charge in [-0.1, -0.05) is 34.8 Å². The number of amides is 2. The van der Waals surface area contributed by atoms with E-state index in [1.54, 1.807) is 22.8 Å². The lowest BCUT2D eigenvalue weighted by Crippen LogP contribution is -2.60. The van der Waals surface area contributed by atoms with Crippen molar-refractivity contribution in [3.05, 3.63) is 12.7 Å². The van der Waals surface area contributed by atoms with Crippen LogP contribution in [0.25, 0.3) is 0 Å². The molecule has 0 aromatic heterocycles. The molecule has 0 radical (unpaired) electrons. The Labute approximate surface area is 211 Å². The molecule has 2 amide bonds. The molecule has 34 heavy (non-hydrogen) atoms. The van der Waals surface area contributed by atoms with Gasteiger partial charge >= 0.3 is 5.97 Å². The minimum atomic E-state index is -1.07. The molecule has 1 spiro atoms. The van der Waals surface area contributed by atoms with Crippen LogP contribution in [-0.2, 0) is 23.9 Å². The van der Waals surface area contributed by atoms with Crippen molar-refractivity contribution in [3.8, 4) is 0 Å². The van der Waals surface area contributed by atoms with Gasteiger partial charge in [-0.2, -0.15) is 0 Å². The fourth-order valence-corrected chi connectivity index (χ4v) is 6.82. The van der Waals surface area contributed by atoms with Gasteiger partial charge in [0.1, 0.15) is 11.6 Å². The fraction of sp³-hybridized carbons (Fsp3) is 0.800. The summed E-state index contributed by atoms with van der Waals surface area (Å²) in [4.78, 5) is 44.2. The minimum absolute atomic E-state index is 0.139. The molecular weight excluding hydrogens is 504 g/mol. The highest BCUT2D eigenvalue weighted by molar-refractivity contribution is 9.09. The Kier molecular flexibility index (Phi) is 8.51. The third-order valence-corrected chi connectivity index (χ3v) is 8.12. The molecule has 0 saturated carbocycles. The van der Waals surface area contributed by atoms with Crippen molar-refractivity contribution < 1.29 is 29.0 Å². The summed E-state index contributed by atoms with van der Waals surface area (Å²) in [5, 5.41) is 9.06. The number of carbonyl (C=O) groups is 3. The van der Waals surface area contributed by atoms with E-state index in [9.17, 15) is 14.4 Å². The number of likely N-dealkylation sites (tertiary alicyclic amines) is 1. The quantitative estimate of drug-likeness (QED) is 0.186. The second kappa shape index (κ2) is 10.7. The molecule has 3 aliphatic heterocycles. The highest BCUT2D eigenvalue weighted by Gasteiger charge is 2.77. The molecule has 3 saturated heterocycles. The first kappa shape index (κ1) is 27.1. The number of aliphatic hydroxyl groups excluding tert-OH is 1. The highest BCUT2D eigenvalue weighted by Crippen LogP contribution is 2.60. The molecule has 1 N–H and O–H groups in total. The number of rotatable bonds is 11. The number of hydrogen-bond acceptors (Lipinski definition) is 6. The number of carbonyl (C=O) groups excluding carboxylic acids is 3. The van der Waals surface area contributed by atoms with Gasteiger partial charge < -0.3 is 24.4 Å². The van der Waals surface area contributed by atoms with E-state index < -0.39 is 41.1 Å². The summed E-state index contributed by atoms with van der Waals surface area (Å²) in [7, 11) is 0. The standard InChI is InChI=1S/C25H39BrN2O6/c1-6-12-28(24(3,4)5)22(31)20-25-15-16(26)19(34-25)17(23(32)33-7-2)18(25)21(30)27(20)13-10-8-9-11-14-29/h6,16-20,29H,1,7-15H2,2-5H3/t16?,17-,18+,19-,20?,25?/m1/s1. The monoisotopic (exact) mass is 542 g/mol. The Balaban J connectivity index is 2.00. The van der Waals surface area contributed by atoms with E-state index in [0.717, 1.165) is 12.8 Å². The first-order chi connectivity index (χ1) is 16.0. The average molecular weight is 543 g/mol. The zero-order valence-corrected chi connectivity index (χ0v) is 22.4. The number of esters is 1. The predicted molar refractivity (Wildman–Crippen MR) is 131 cm³/mol. The van der Waals surface area contributed by atoms with E-state index in [2.05, 4.69) is 22.5 Å². The second-order valence-electron chi connectivity index (χ2n) is 10.5. The van der Waals surface area contributed by atoms with Gasteiger partial charge in [-0.25, -0.2) is 0 Å². The van der Waals surface area contributed by atoms with Gasteiger partial charge in [-0.15, -0.1) is 6.58 Å². The molecule has 3 aliphatic rings. The summed E-state index contributed by atoms with van der Waals surface area (Å²) in [5.74, 6) is -2.28. The molecule has 3 unspecified atom stereocenters. The SMILES string of the molecule is C=CCN(C(=O)C1N(CCCCCCO)C(=O)[C@@H]2[C@@H](C(=O)OCC)[C@@H]3OC12CC3Br)C(C)(C)C. The molecule has 6 atom stereocenters. The fourth-order valence-electron chi connectivity index (χ4n) is 5.88. The van der Waals surface area contributed by atoms with Crippen LogP contribution in [0.15, 0.2) is 12.7 Å². The Morgan fingerprint density at radius 1 is 1.32 bits per heavy atom. The van der Waals surface area contributed by atoms with E-state index in [4.69, 9.17) is 14.6 Å². The van der Waals surface area contributed by atoms with E-state index in [0.29, 0.717) is 32.4 Å². The summed E-state index contributed by atoms with van der Waals surface area (Å²) < 4.78 is 11.8.